The number of carbonyl (C=O) groups excluding carboxylic acids is 1. The first-order chi connectivity index (χ1) is 12.2. The lowest BCUT2D eigenvalue weighted by molar-refractivity contribution is 0.0937. The van der Waals surface area contributed by atoms with Crippen LogP contribution in [0.15, 0.2) is 48.5 Å². The molecule has 0 saturated carbocycles. The Hall–Kier alpha value is -2.41. The molecule has 5 N–H and O–H groups in total. The Balaban J connectivity index is 1.77. The van der Waals surface area contributed by atoms with Gasteiger partial charge in [-0.15, -0.1) is 0 Å². The molecular weight excluding hydrogens is 316 g/mol. The first-order valence-electron chi connectivity index (χ1n) is 8.42. The molecule has 1 heterocycles. The number of hydrogen-bond acceptors (Lipinski definition) is 5. The summed E-state index contributed by atoms with van der Waals surface area (Å²) in [5.74, 6) is 0.896. The number of rotatable bonds is 6. The van der Waals surface area contributed by atoms with Crippen molar-refractivity contribution in [1.29, 1.82) is 0 Å². The number of methoxy groups -OCH3 is 1. The Morgan fingerprint density at radius 2 is 1.96 bits per heavy atom. The van der Waals surface area contributed by atoms with E-state index in [4.69, 9.17) is 10.5 Å². The Morgan fingerprint density at radius 3 is 2.60 bits per heavy atom. The van der Waals surface area contributed by atoms with Crippen molar-refractivity contribution >= 4 is 5.91 Å². The molecule has 25 heavy (non-hydrogen) atoms. The second kappa shape index (κ2) is 8.11. The maximum Gasteiger partial charge on any atom is 0.251 e. The highest BCUT2D eigenvalue weighted by atomic mass is 16.5. The van der Waals surface area contributed by atoms with Crippen molar-refractivity contribution in [2.24, 2.45) is 5.73 Å². The third-order valence-corrected chi connectivity index (χ3v) is 4.50. The molecule has 3 rings (SSSR count). The Bertz CT molecular complexity index is 715. The van der Waals surface area contributed by atoms with Gasteiger partial charge in [0.2, 0.25) is 0 Å². The lowest BCUT2D eigenvalue weighted by Gasteiger charge is -2.19. The molecule has 1 fully saturated rings. The number of hydrogen-bond donors (Lipinski definition) is 4. The minimum Gasteiger partial charge on any atom is -0.496 e. The second-order valence-electron chi connectivity index (χ2n) is 6.09. The van der Waals surface area contributed by atoms with E-state index in [-0.39, 0.29) is 11.9 Å². The van der Waals surface area contributed by atoms with E-state index in [9.17, 15) is 4.79 Å². The second-order valence-corrected chi connectivity index (χ2v) is 6.09. The van der Waals surface area contributed by atoms with Crippen molar-refractivity contribution in [3.63, 3.8) is 0 Å². The molecule has 2 aromatic carbocycles. The van der Waals surface area contributed by atoms with Gasteiger partial charge in [0.15, 0.2) is 0 Å². The van der Waals surface area contributed by atoms with Gasteiger partial charge in [-0.1, -0.05) is 36.4 Å². The topological polar surface area (TPSA) is 88.4 Å². The van der Waals surface area contributed by atoms with Crippen LogP contribution in [0.5, 0.6) is 5.75 Å². The number of nitrogens with two attached hydrogens (primary N) is 1. The van der Waals surface area contributed by atoms with Gasteiger partial charge in [0.25, 0.3) is 5.91 Å². The summed E-state index contributed by atoms with van der Waals surface area (Å²) < 4.78 is 5.50. The molecule has 1 unspecified atom stereocenters. The Labute approximate surface area is 147 Å². The standard InChI is InChI=1S/C19H24N4O2/c1-25-18-9-14(7-8-16(18)15-11-21-22-12-15)19(24)23-17(10-20)13-5-3-2-4-6-13/h2-9,15,17,21-22H,10-12,20H2,1H3,(H,23,24). The van der Waals surface area contributed by atoms with Gasteiger partial charge in [-0.2, -0.15) is 0 Å². The Kier molecular flexibility index (Phi) is 5.65. The molecule has 0 radical (unpaired) electrons. The summed E-state index contributed by atoms with van der Waals surface area (Å²) in [6.45, 7) is 2.01. The molecular formula is C19H24N4O2. The van der Waals surface area contributed by atoms with E-state index in [1.54, 1.807) is 13.2 Å². The molecule has 0 spiro atoms. The highest BCUT2D eigenvalue weighted by molar-refractivity contribution is 5.95. The van der Waals surface area contributed by atoms with Crippen molar-refractivity contribution in [2.45, 2.75) is 12.0 Å². The van der Waals surface area contributed by atoms with Crippen LogP contribution in [0, 0.1) is 0 Å². The van der Waals surface area contributed by atoms with Gasteiger partial charge >= 0.3 is 0 Å². The van der Waals surface area contributed by atoms with Crippen LogP contribution >= 0.6 is 0 Å². The largest absolute Gasteiger partial charge is 0.496 e. The van der Waals surface area contributed by atoms with Crippen LogP contribution in [0.4, 0.5) is 0 Å². The number of benzene rings is 2. The molecule has 132 valence electrons. The molecule has 1 amide bonds. The average molecular weight is 340 g/mol. The smallest absolute Gasteiger partial charge is 0.251 e. The zero-order valence-electron chi connectivity index (χ0n) is 14.3. The lowest BCUT2D eigenvalue weighted by Crippen LogP contribution is -2.33. The Morgan fingerprint density at radius 1 is 1.24 bits per heavy atom. The van der Waals surface area contributed by atoms with Crippen LogP contribution in [0.25, 0.3) is 0 Å². The maximum absolute atomic E-state index is 12.6. The van der Waals surface area contributed by atoms with E-state index in [1.807, 2.05) is 42.5 Å². The number of amides is 1. The van der Waals surface area contributed by atoms with Gasteiger partial charge in [-0.3, -0.25) is 15.6 Å². The molecule has 0 bridgehead atoms. The fraction of sp³-hybridized carbons (Fsp3) is 0.316. The van der Waals surface area contributed by atoms with Crippen molar-refractivity contribution in [3.8, 4) is 5.75 Å². The predicted octanol–water partition coefficient (Wildman–Crippen LogP) is 1.32. The zero-order chi connectivity index (χ0) is 17.6. The average Bonchev–Trinajstić information content (AvgIpc) is 3.20. The molecule has 1 atom stereocenters. The first-order valence-corrected chi connectivity index (χ1v) is 8.42. The minimum atomic E-state index is -0.220. The van der Waals surface area contributed by atoms with Crippen LogP contribution in [0.1, 0.15) is 33.4 Å². The van der Waals surface area contributed by atoms with Gasteiger partial charge in [0, 0.05) is 31.1 Å². The van der Waals surface area contributed by atoms with Crippen molar-refractivity contribution < 1.29 is 9.53 Å². The van der Waals surface area contributed by atoms with E-state index < -0.39 is 0 Å². The highest BCUT2D eigenvalue weighted by Crippen LogP contribution is 2.28. The number of nitrogens with one attached hydrogen (secondary N) is 3. The summed E-state index contributed by atoms with van der Waals surface area (Å²) in [7, 11) is 1.63. The molecule has 2 aromatic rings. The normalized spacial score (nSPS) is 15.8. The molecule has 1 aliphatic heterocycles. The zero-order valence-corrected chi connectivity index (χ0v) is 14.3. The summed E-state index contributed by atoms with van der Waals surface area (Å²) in [5, 5.41) is 3.00. The molecule has 6 nitrogen and oxygen atoms in total. The van der Waals surface area contributed by atoms with Crippen LogP contribution in [-0.4, -0.2) is 32.7 Å². The highest BCUT2D eigenvalue weighted by Gasteiger charge is 2.22. The van der Waals surface area contributed by atoms with Gasteiger partial charge < -0.3 is 15.8 Å². The minimum absolute atomic E-state index is 0.160. The van der Waals surface area contributed by atoms with Gasteiger partial charge in [0.05, 0.1) is 13.2 Å². The first kappa shape index (κ1) is 17.4. The molecule has 6 heteroatoms. The number of hydrazine groups is 1. The van der Waals surface area contributed by atoms with Crippen molar-refractivity contribution in [3.05, 3.63) is 65.2 Å². The summed E-state index contributed by atoms with van der Waals surface area (Å²) >= 11 is 0. The third-order valence-electron chi connectivity index (χ3n) is 4.50. The summed E-state index contributed by atoms with van der Waals surface area (Å²) in [6.07, 6.45) is 0. The number of carbonyl (C=O) groups is 1. The van der Waals surface area contributed by atoms with Crippen LogP contribution < -0.4 is 26.6 Å². The van der Waals surface area contributed by atoms with E-state index >= 15 is 0 Å². The van der Waals surface area contributed by atoms with E-state index in [1.165, 1.54) is 0 Å². The molecule has 0 aliphatic carbocycles. The van der Waals surface area contributed by atoms with Crippen molar-refractivity contribution in [2.75, 3.05) is 26.7 Å². The molecule has 0 aromatic heterocycles. The lowest BCUT2D eigenvalue weighted by atomic mass is 9.97. The van der Waals surface area contributed by atoms with Crippen molar-refractivity contribution in [1.82, 2.24) is 16.2 Å². The molecule has 1 saturated heterocycles. The predicted molar refractivity (Wildman–Crippen MR) is 97.4 cm³/mol. The van der Waals surface area contributed by atoms with Crippen LogP contribution in [-0.2, 0) is 0 Å². The quantitative estimate of drug-likeness (QED) is 0.637. The summed E-state index contributed by atoms with van der Waals surface area (Å²) in [6, 6.07) is 15.1. The number of ether oxygens (including phenoxy) is 1. The van der Waals surface area contributed by atoms with E-state index in [0.29, 0.717) is 18.0 Å². The SMILES string of the molecule is COc1cc(C(=O)NC(CN)c2ccccc2)ccc1C1CNNC1. The fourth-order valence-corrected chi connectivity index (χ4v) is 3.08. The molecule has 1 aliphatic rings. The third kappa shape index (κ3) is 3.99. The summed E-state index contributed by atoms with van der Waals surface area (Å²) in [4.78, 5) is 12.6. The van der Waals surface area contributed by atoms with Gasteiger partial charge in [-0.05, 0) is 23.3 Å². The van der Waals surface area contributed by atoms with Gasteiger partial charge in [-0.25, -0.2) is 0 Å². The maximum atomic E-state index is 12.6. The van der Waals surface area contributed by atoms with Crippen LogP contribution in [0.3, 0.4) is 0 Å². The monoisotopic (exact) mass is 340 g/mol. The summed E-state index contributed by atoms with van der Waals surface area (Å²) in [5.41, 5.74) is 14.7. The van der Waals surface area contributed by atoms with E-state index in [0.717, 1.165) is 30.0 Å². The van der Waals surface area contributed by atoms with Crippen LogP contribution in [0.2, 0.25) is 0 Å². The van der Waals surface area contributed by atoms with E-state index in [2.05, 4.69) is 16.2 Å². The van der Waals surface area contributed by atoms with Gasteiger partial charge in [0.1, 0.15) is 5.75 Å². The fourth-order valence-electron chi connectivity index (χ4n) is 3.08.